The standard InChI is InChI=1S/C10H16N2S2/c1-7(11)5-8-6-14-10(12-8)9-3-2-4-13-9/h6-7,9H,2-5,11H2,1H3. The zero-order valence-corrected chi connectivity index (χ0v) is 10.0. The quantitative estimate of drug-likeness (QED) is 0.864. The first kappa shape index (κ1) is 10.5. The van der Waals surface area contributed by atoms with E-state index < -0.39 is 0 Å². The molecule has 2 rings (SSSR count). The van der Waals surface area contributed by atoms with Crippen molar-refractivity contribution in [2.24, 2.45) is 5.73 Å². The molecule has 2 atom stereocenters. The summed E-state index contributed by atoms with van der Waals surface area (Å²) in [6, 6.07) is 0.223. The molecule has 0 aromatic carbocycles. The van der Waals surface area contributed by atoms with E-state index in [1.165, 1.54) is 29.3 Å². The maximum atomic E-state index is 5.75. The largest absolute Gasteiger partial charge is 0.328 e. The lowest BCUT2D eigenvalue weighted by atomic mass is 10.2. The van der Waals surface area contributed by atoms with Crippen molar-refractivity contribution in [3.63, 3.8) is 0 Å². The van der Waals surface area contributed by atoms with E-state index in [4.69, 9.17) is 5.73 Å². The van der Waals surface area contributed by atoms with Gasteiger partial charge in [-0.2, -0.15) is 11.8 Å². The van der Waals surface area contributed by atoms with Crippen LogP contribution in [0.2, 0.25) is 0 Å². The molecule has 0 bridgehead atoms. The summed E-state index contributed by atoms with van der Waals surface area (Å²) in [6.45, 7) is 2.03. The molecular weight excluding hydrogens is 212 g/mol. The summed E-state index contributed by atoms with van der Waals surface area (Å²) in [5.74, 6) is 1.30. The second-order valence-electron chi connectivity index (χ2n) is 3.86. The Morgan fingerprint density at radius 2 is 2.57 bits per heavy atom. The molecule has 2 nitrogen and oxygen atoms in total. The number of rotatable bonds is 3. The molecule has 14 heavy (non-hydrogen) atoms. The van der Waals surface area contributed by atoms with Gasteiger partial charge < -0.3 is 5.73 Å². The third kappa shape index (κ3) is 2.49. The maximum Gasteiger partial charge on any atom is 0.106 e. The van der Waals surface area contributed by atoms with Crippen LogP contribution < -0.4 is 5.73 Å². The third-order valence-electron chi connectivity index (χ3n) is 2.31. The molecular formula is C10H16N2S2. The van der Waals surface area contributed by atoms with E-state index in [1.54, 1.807) is 11.3 Å². The number of thiazole rings is 1. The van der Waals surface area contributed by atoms with E-state index in [0.29, 0.717) is 5.25 Å². The van der Waals surface area contributed by atoms with Crippen LogP contribution in [-0.2, 0) is 6.42 Å². The lowest BCUT2D eigenvalue weighted by Gasteiger charge is -2.03. The monoisotopic (exact) mass is 228 g/mol. The second-order valence-corrected chi connectivity index (χ2v) is 6.06. The minimum absolute atomic E-state index is 0.223. The van der Waals surface area contributed by atoms with Gasteiger partial charge in [0.1, 0.15) is 5.01 Å². The first-order valence-corrected chi connectivity index (χ1v) is 7.00. The average Bonchev–Trinajstić information content (AvgIpc) is 2.69. The van der Waals surface area contributed by atoms with Gasteiger partial charge in [0, 0.05) is 17.8 Å². The van der Waals surface area contributed by atoms with Crippen molar-refractivity contribution in [2.45, 2.75) is 37.5 Å². The summed E-state index contributed by atoms with van der Waals surface area (Å²) >= 11 is 3.85. The Hall–Kier alpha value is -0.0600. The Morgan fingerprint density at radius 3 is 3.21 bits per heavy atom. The van der Waals surface area contributed by atoms with E-state index in [1.807, 2.05) is 18.7 Å². The highest BCUT2D eigenvalue weighted by Gasteiger charge is 2.20. The van der Waals surface area contributed by atoms with Gasteiger partial charge in [-0.05, 0) is 25.5 Å². The van der Waals surface area contributed by atoms with Crippen LogP contribution in [0, 0.1) is 0 Å². The molecule has 1 aromatic heterocycles. The van der Waals surface area contributed by atoms with Crippen LogP contribution in [0.4, 0.5) is 0 Å². The Balaban J connectivity index is 2.01. The summed E-state index contributed by atoms with van der Waals surface area (Å²) < 4.78 is 0. The van der Waals surface area contributed by atoms with Crippen molar-refractivity contribution in [3.8, 4) is 0 Å². The van der Waals surface area contributed by atoms with Gasteiger partial charge in [-0.25, -0.2) is 4.98 Å². The molecule has 1 aliphatic heterocycles. The SMILES string of the molecule is CC(N)Cc1csc(C2CCCS2)n1. The second kappa shape index (κ2) is 4.64. The lowest BCUT2D eigenvalue weighted by Crippen LogP contribution is -2.17. The van der Waals surface area contributed by atoms with Crippen LogP contribution in [0.25, 0.3) is 0 Å². The molecule has 0 aliphatic carbocycles. The molecule has 2 unspecified atom stereocenters. The fraction of sp³-hybridized carbons (Fsp3) is 0.700. The Labute approximate surface area is 93.3 Å². The molecule has 78 valence electrons. The van der Waals surface area contributed by atoms with Gasteiger partial charge in [-0.3, -0.25) is 0 Å². The molecule has 0 amide bonds. The molecule has 1 fully saturated rings. The fourth-order valence-electron chi connectivity index (χ4n) is 1.67. The number of nitrogens with zero attached hydrogens (tertiary/aromatic N) is 1. The van der Waals surface area contributed by atoms with Crippen LogP contribution >= 0.6 is 23.1 Å². The van der Waals surface area contributed by atoms with Crippen LogP contribution in [0.15, 0.2) is 5.38 Å². The Bertz CT molecular complexity index is 290. The van der Waals surface area contributed by atoms with Gasteiger partial charge in [0.2, 0.25) is 0 Å². The normalized spacial score (nSPS) is 24.0. The predicted octanol–water partition coefficient (Wildman–Crippen LogP) is 2.60. The van der Waals surface area contributed by atoms with E-state index in [9.17, 15) is 0 Å². The zero-order chi connectivity index (χ0) is 9.97. The number of hydrogen-bond acceptors (Lipinski definition) is 4. The van der Waals surface area contributed by atoms with Crippen molar-refractivity contribution >= 4 is 23.1 Å². The van der Waals surface area contributed by atoms with Crippen LogP contribution in [0.1, 0.15) is 35.7 Å². The van der Waals surface area contributed by atoms with Gasteiger partial charge in [-0.15, -0.1) is 11.3 Å². The molecule has 2 heterocycles. The van der Waals surface area contributed by atoms with Crippen LogP contribution in [0.3, 0.4) is 0 Å². The number of thioether (sulfide) groups is 1. The molecule has 1 aromatic rings. The molecule has 1 aliphatic rings. The highest BCUT2D eigenvalue weighted by molar-refractivity contribution is 7.99. The minimum atomic E-state index is 0.223. The van der Waals surface area contributed by atoms with Gasteiger partial charge in [0.05, 0.1) is 10.9 Å². The Morgan fingerprint density at radius 1 is 1.71 bits per heavy atom. The summed E-state index contributed by atoms with van der Waals surface area (Å²) in [4.78, 5) is 4.65. The van der Waals surface area contributed by atoms with Crippen LogP contribution in [0.5, 0.6) is 0 Å². The number of hydrogen-bond donors (Lipinski definition) is 1. The average molecular weight is 228 g/mol. The molecule has 0 radical (unpaired) electrons. The van der Waals surface area contributed by atoms with Crippen LogP contribution in [-0.4, -0.2) is 16.8 Å². The summed E-state index contributed by atoms with van der Waals surface area (Å²) in [7, 11) is 0. The molecule has 0 spiro atoms. The van der Waals surface area contributed by atoms with Crippen molar-refractivity contribution in [3.05, 3.63) is 16.1 Å². The van der Waals surface area contributed by atoms with Gasteiger partial charge in [0.15, 0.2) is 0 Å². The Kier molecular flexibility index (Phi) is 3.47. The first-order valence-electron chi connectivity index (χ1n) is 5.07. The fourth-order valence-corrected chi connectivity index (χ4v) is 4.03. The molecule has 2 N–H and O–H groups in total. The summed E-state index contributed by atoms with van der Waals surface area (Å²) in [5.41, 5.74) is 6.92. The topological polar surface area (TPSA) is 38.9 Å². The van der Waals surface area contributed by atoms with Gasteiger partial charge >= 0.3 is 0 Å². The van der Waals surface area contributed by atoms with Gasteiger partial charge in [-0.1, -0.05) is 0 Å². The van der Waals surface area contributed by atoms with E-state index in [-0.39, 0.29) is 6.04 Å². The smallest absolute Gasteiger partial charge is 0.106 e. The van der Waals surface area contributed by atoms with Gasteiger partial charge in [0.25, 0.3) is 0 Å². The first-order chi connectivity index (χ1) is 6.75. The lowest BCUT2D eigenvalue weighted by molar-refractivity contribution is 0.720. The van der Waals surface area contributed by atoms with Crippen molar-refractivity contribution in [1.29, 1.82) is 0 Å². The molecule has 1 saturated heterocycles. The highest BCUT2D eigenvalue weighted by atomic mass is 32.2. The maximum absolute atomic E-state index is 5.75. The van der Waals surface area contributed by atoms with Crippen molar-refractivity contribution in [1.82, 2.24) is 4.98 Å². The minimum Gasteiger partial charge on any atom is -0.328 e. The zero-order valence-electron chi connectivity index (χ0n) is 8.40. The van der Waals surface area contributed by atoms with Crippen molar-refractivity contribution in [2.75, 3.05) is 5.75 Å². The van der Waals surface area contributed by atoms with Crippen molar-refractivity contribution < 1.29 is 0 Å². The summed E-state index contributed by atoms with van der Waals surface area (Å²) in [6.07, 6.45) is 3.56. The predicted molar refractivity (Wildman–Crippen MR) is 63.9 cm³/mol. The molecule has 4 heteroatoms. The summed E-state index contributed by atoms with van der Waals surface area (Å²) in [5, 5.41) is 4.14. The van der Waals surface area contributed by atoms with E-state index in [2.05, 4.69) is 10.4 Å². The van der Waals surface area contributed by atoms with E-state index >= 15 is 0 Å². The van der Waals surface area contributed by atoms with E-state index in [0.717, 1.165) is 6.42 Å². The number of nitrogens with two attached hydrogens (primary N) is 1. The highest BCUT2D eigenvalue weighted by Crippen LogP contribution is 2.40. The number of aromatic nitrogens is 1. The molecule has 0 saturated carbocycles. The third-order valence-corrected chi connectivity index (χ3v) is 4.85.